The molecule has 0 saturated heterocycles. The second kappa shape index (κ2) is 8.93. The fraction of sp³-hybridized carbons (Fsp3) is 1.00. The van der Waals surface area contributed by atoms with Gasteiger partial charge in [0.25, 0.3) is 0 Å². The van der Waals surface area contributed by atoms with E-state index < -0.39 is 5.60 Å². The zero-order valence-corrected chi connectivity index (χ0v) is 8.08. The minimum atomic E-state index is -0.597. The number of aliphatic hydroxyl groups is 2. The summed E-state index contributed by atoms with van der Waals surface area (Å²) in [4.78, 5) is 0. The zero-order valence-electron chi connectivity index (χ0n) is 8.08. The molecule has 0 spiro atoms. The number of aliphatic hydroxyl groups excluding tert-OH is 1. The van der Waals surface area contributed by atoms with Gasteiger partial charge < -0.3 is 21.7 Å². The average Bonchev–Trinajstić information content (AvgIpc) is 2.17. The summed E-state index contributed by atoms with van der Waals surface area (Å²) in [5, 5.41) is 17.1. The molecule has 0 aliphatic heterocycles. The van der Waals surface area contributed by atoms with Crippen molar-refractivity contribution in [2.45, 2.75) is 32.3 Å². The molecule has 0 heterocycles. The Kier molecular flexibility index (Phi) is 10.7. The van der Waals surface area contributed by atoms with Crippen LogP contribution in [-0.4, -0.2) is 35.5 Å². The predicted octanol–water partition coefficient (Wildman–Crippen LogP) is -0.566. The van der Waals surface area contributed by atoms with E-state index in [4.69, 9.17) is 16.6 Å². The zero-order chi connectivity index (χ0) is 10.0. The number of hydrogen-bond acceptors (Lipinski definition) is 4. The molecule has 0 unspecified atom stereocenters. The summed E-state index contributed by atoms with van der Waals surface area (Å²) in [6, 6.07) is 0. The third kappa shape index (κ3) is 7.94. The Morgan fingerprint density at radius 1 is 1.17 bits per heavy atom. The molecule has 4 heteroatoms. The fourth-order valence-electron chi connectivity index (χ4n) is 0.539. The third-order valence-corrected chi connectivity index (χ3v) is 1.83. The van der Waals surface area contributed by atoms with Gasteiger partial charge in [-0.2, -0.15) is 0 Å². The normalized spacial score (nSPS) is 10.5. The second-order valence-electron chi connectivity index (χ2n) is 2.65. The molecule has 0 aromatic rings. The summed E-state index contributed by atoms with van der Waals surface area (Å²) in [5.74, 6) is 0. The first-order chi connectivity index (χ1) is 5.60. The lowest BCUT2D eigenvalue weighted by molar-refractivity contribution is 0.0414. The van der Waals surface area contributed by atoms with Crippen molar-refractivity contribution in [3.63, 3.8) is 0 Å². The summed E-state index contributed by atoms with van der Waals surface area (Å²) >= 11 is 0. The Hall–Kier alpha value is -0.160. The van der Waals surface area contributed by atoms with Gasteiger partial charge in [-0.25, -0.2) is 0 Å². The van der Waals surface area contributed by atoms with Crippen LogP contribution in [0.3, 0.4) is 0 Å². The molecule has 0 radical (unpaired) electrons. The monoisotopic (exact) mass is 178 g/mol. The average molecular weight is 178 g/mol. The first-order valence-electron chi connectivity index (χ1n) is 4.33. The Morgan fingerprint density at radius 3 is 1.50 bits per heavy atom. The van der Waals surface area contributed by atoms with Gasteiger partial charge in [0, 0.05) is 13.1 Å². The SMILES string of the molecule is CCC(O)(CC)CN.NCCO. The lowest BCUT2D eigenvalue weighted by atomic mass is 9.98. The Balaban J connectivity index is 0. The topological polar surface area (TPSA) is 92.5 Å². The van der Waals surface area contributed by atoms with Crippen LogP contribution in [0.15, 0.2) is 0 Å². The minimum Gasteiger partial charge on any atom is -0.395 e. The fourth-order valence-corrected chi connectivity index (χ4v) is 0.539. The Bertz CT molecular complexity index is 74.9. The van der Waals surface area contributed by atoms with Crippen LogP contribution < -0.4 is 11.5 Å². The Morgan fingerprint density at radius 2 is 1.50 bits per heavy atom. The maximum Gasteiger partial charge on any atom is 0.0764 e. The largest absolute Gasteiger partial charge is 0.395 e. The van der Waals surface area contributed by atoms with Crippen LogP contribution >= 0.6 is 0 Å². The van der Waals surface area contributed by atoms with Gasteiger partial charge in [-0.3, -0.25) is 0 Å². The molecule has 76 valence electrons. The molecule has 0 aromatic heterocycles. The van der Waals surface area contributed by atoms with Gasteiger partial charge in [0.15, 0.2) is 0 Å². The highest BCUT2D eigenvalue weighted by atomic mass is 16.3. The van der Waals surface area contributed by atoms with Gasteiger partial charge in [-0.05, 0) is 12.8 Å². The molecule has 0 saturated carbocycles. The van der Waals surface area contributed by atoms with E-state index >= 15 is 0 Å². The summed E-state index contributed by atoms with van der Waals surface area (Å²) < 4.78 is 0. The smallest absolute Gasteiger partial charge is 0.0764 e. The van der Waals surface area contributed by atoms with Crippen LogP contribution in [-0.2, 0) is 0 Å². The van der Waals surface area contributed by atoms with Crippen molar-refractivity contribution in [2.75, 3.05) is 19.7 Å². The number of nitrogens with two attached hydrogens (primary N) is 2. The van der Waals surface area contributed by atoms with Crippen LogP contribution in [0, 0.1) is 0 Å². The maximum absolute atomic E-state index is 9.31. The van der Waals surface area contributed by atoms with Gasteiger partial charge >= 0.3 is 0 Å². The molecule has 0 atom stereocenters. The van der Waals surface area contributed by atoms with Crippen molar-refractivity contribution < 1.29 is 10.2 Å². The van der Waals surface area contributed by atoms with E-state index in [1.54, 1.807) is 0 Å². The van der Waals surface area contributed by atoms with Gasteiger partial charge in [0.05, 0.1) is 12.2 Å². The van der Waals surface area contributed by atoms with Crippen LogP contribution in [0.5, 0.6) is 0 Å². The van der Waals surface area contributed by atoms with E-state index in [1.165, 1.54) is 0 Å². The van der Waals surface area contributed by atoms with E-state index in [0.717, 1.165) is 12.8 Å². The molecule has 0 aromatic carbocycles. The summed E-state index contributed by atoms with van der Waals surface area (Å²) in [5.41, 5.74) is 9.46. The van der Waals surface area contributed by atoms with Crippen LogP contribution in [0.4, 0.5) is 0 Å². The van der Waals surface area contributed by atoms with Gasteiger partial charge in [0.2, 0.25) is 0 Å². The molecule has 12 heavy (non-hydrogen) atoms. The third-order valence-electron chi connectivity index (χ3n) is 1.83. The van der Waals surface area contributed by atoms with E-state index in [1.807, 2.05) is 13.8 Å². The predicted molar refractivity (Wildman–Crippen MR) is 50.7 cm³/mol. The summed E-state index contributed by atoms with van der Waals surface area (Å²) in [6.45, 7) is 4.73. The van der Waals surface area contributed by atoms with E-state index in [2.05, 4.69) is 0 Å². The number of rotatable bonds is 4. The minimum absolute atomic E-state index is 0.0972. The molecule has 0 amide bonds. The van der Waals surface area contributed by atoms with Crippen LogP contribution in [0.25, 0.3) is 0 Å². The quantitative estimate of drug-likeness (QED) is 0.464. The summed E-state index contributed by atoms with van der Waals surface area (Å²) in [7, 11) is 0. The molecule has 0 rings (SSSR count). The first-order valence-corrected chi connectivity index (χ1v) is 4.33. The van der Waals surface area contributed by atoms with Crippen LogP contribution in [0.1, 0.15) is 26.7 Å². The molecular weight excluding hydrogens is 156 g/mol. The lowest BCUT2D eigenvalue weighted by Gasteiger charge is -2.21. The highest BCUT2D eigenvalue weighted by molar-refractivity contribution is 4.74. The van der Waals surface area contributed by atoms with Crippen molar-refractivity contribution in [1.29, 1.82) is 0 Å². The summed E-state index contributed by atoms with van der Waals surface area (Å²) in [6.07, 6.45) is 1.50. The highest BCUT2D eigenvalue weighted by Crippen LogP contribution is 2.10. The van der Waals surface area contributed by atoms with Crippen molar-refractivity contribution in [2.24, 2.45) is 11.5 Å². The molecule has 4 nitrogen and oxygen atoms in total. The molecular formula is C8H22N2O2. The van der Waals surface area contributed by atoms with Gasteiger partial charge in [0.1, 0.15) is 0 Å². The first kappa shape index (κ1) is 14.4. The van der Waals surface area contributed by atoms with Crippen molar-refractivity contribution in [3.8, 4) is 0 Å². The lowest BCUT2D eigenvalue weighted by Crippen LogP contribution is -2.35. The molecule has 0 aliphatic carbocycles. The Labute approximate surface area is 74.6 Å². The molecule has 6 N–H and O–H groups in total. The van der Waals surface area contributed by atoms with E-state index in [-0.39, 0.29) is 6.61 Å². The van der Waals surface area contributed by atoms with Crippen molar-refractivity contribution >= 4 is 0 Å². The standard InChI is InChI=1S/C6H15NO.C2H7NO/c1-3-6(8,4-2)5-7;3-1-2-4/h8H,3-5,7H2,1-2H3;4H,1-3H2. The number of hydrogen-bond donors (Lipinski definition) is 4. The molecule has 0 bridgehead atoms. The van der Waals surface area contributed by atoms with Crippen molar-refractivity contribution in [1.82, 2.24) is 0 Å². The second-order valence-corrected chi connectivity index (χ2v) is 2.65. The van der Waals surface area contributed by atoms with E-state index in [0.29, 0.717) is 13.1 Å². The maximum atomic E-state index is 9.31. The van der Waals surface area contributed by atoms with Crippen LogP contribution in [0.2, 0.25) is 0 Å². The van der Waals surface area contributed by atoms with Gasteiger partial charge in [-0.1, -0.05) is 13.8 Å². The van der Waals surface area contributed by atoms with E-state index in [9.17, 15) is 5.11 Å². The highest BCUT2D eigenvalue weighted by Gasteiger charge is 2.18. The van der Waals surface area contributed by atoms with Crippen molar-refractivity contribution in [3.05, 3.63) is 0 Å². The molecule has 0 fully saturated rings. The molecule has 0 aliphatic rings. The van der Waals surface area contributed by atoms with Gasteiger partial charge in [-0.15, -0.1) is 0 Å².